The molecule has 0 aromatic heterocycles. The van der Waals surface area contributed by atoms with E-state index in [-0.39, 0.29) is 12.0 Å². The van der Waals surface area contributed by atoms with Crippen LogP contribution in [0.1, 0.15) is 44.2 Å². The number of fused-ring (bicyclic) bond motifs is 1. The van der Waals surface area contributed by atoms with Gasteiger partial charge in [-0.15, -0.1) is 0 Å². The van der Waals surface area contributed by atoms with E-state index in [1.807, 2.05) is 6.92 Å². The number of hydrogen-bond donors (Lipinski definition) is 1. The Morgan fingerprint density at radius 1 is 1.48 bits per heavy atom. The summed E-state index contributed by atoms with van der Waals surface area (Å²) in [5.74, 6) is 0.961. The Labute approximate surface area is 148 Å². The minimum atomic E-state index is -0.624. The molecule has 1 aromatic carbocycles. The van der Waals surface area contributed by atoms with Gasteiger partial charge in [-0.2, -0.15) is 0 Å². The van der Waals surface area contributed by atoms with Crippen molar-refractivity contribution >= 4 is 15.9 Å². The minimum absolute atomic E-state index is 0.287. The maximum Gasteiger partial charge on any atom is 0.113 e. The Morgan fingerprint density at radius 3 is 2.83 bits per heavy atom. The van der Waals surface area contributed by atoms with Gasteiger partial charge in [0.1, 0.15) is 11.3 Å². The first-order valence-electron chi connectivity index (χ1n) is 8.40. The summed E-state index contributed by atoms with van der Waals surface area (Å²) in [5, 5.41) is 0. The van der Waals surface area contributed by atoms with E-state index < -0.39 is 5.54 Å². The molecule has 3 atom stereocenters. The average Bonchev–Trinajstić information content (AvgIpc) is 2.82. The van der Waals surface area contributed by atoms with Crippen LogP contribution in [0.15, 0.2) is 35.0 Å². The van der Waals surface area contributed by atoms with Gasteiger partial charge in [0, 0.05) is 11.6 Å². The second-order valence-electron chi connectivity index (χ2n) is 6.27. The molecule has 0 spiro atoms. The van der Waals surface area contributed by atoms with Crippen molar-refractivity contribution in [3.63, 3.8) is 0 Å². The van der Waals surface area contributed by atoms with Crippen LogP contribution in [0.5, 0.6) is 0 Å². The summed E-state index contributed by atoms with van der Waals surface area (Å²) >= 11 is 3.56. The van der Waals surface area contributed by atoms with Gasteiger partial charge < -0.3 is 15.2 Å². The van der Waals surface area contributed by atoms with Gasteiger partial charge >= 0.3 is 0 Å². The lowest BCUT2D eigenvalue weighted by molar-refractivity contribution is 0.0780. The van der Waals surface area contributed by atoms with Crippen LogP contribution in [0.3, 0.4) is 0 Å². The predicted molar refractivity (Wildman–Crippen MR) is 98.3 cm³/mol. The van der Waals surface area contributed by atoms with Crippen molar-refractivity contribution in [3.05, 3.63) is 46.1 Å². The molecule has 4 heteroatoms. The quantitative estimate of drug-likeness (QED) is 0.672. The second-order valence-corrected chi connectivity index (χ2v) is 7.19. The molecule has 0 heterocycles. The third kappa shape index (κ3) is 3.65. The van der Waals surface area contributed by atoms with Crippen LogP contribution in [0.25, 0.3) is 0 Å². The number of rotatable bonds is 8. The molecule has 128 valence electrons. The third-order valence-corrected chi connectivity index (χ3v) is 5.53. The summed E-state index contributed by atoms with van der Waals surface area (Å²) in [4.78, 5) is 0. The van der Waals surface area contributed by atoms with Crippen LogP contribution in [-0.2, 0) is 21.4 Å². The summed E-state index contributed by atoms with van der Waals surface area (Å²) in [6.45, 7) is 8.86. The zero-order chi connectivity index (χ0) is 17.0. The first kappa shape index (κ1) is 18.5. The van der Waals surface area contributed by atoms with E-state index in [2.05, 4.69) is 47.6 Å². The monoisotopic (exact) mass is 381 g/mol. The van der Waals surface area contributed by atoms with E-state index in [9.17, 15) is 0 Å². The molecule has 1 aliphatic rings. The molecule has 0 saturated heterocycles. The highest BCUT2D eigenvalue weighted by molar-refractivity contribution is 9.10. The molecule has 2 N–H and O–H groups in total. The number of halogens is 1. The molecule has 0 bridgehead atoms. The zero-order valence-electron chi connectivity index (χ0n) is 14.4. The van der Waals surface area contributed by atoms with Crippen LogP contribution < -0.4 is 5.73 Å². The Hall–Kier alpha value is -0.840. The van der Waals surface area contributed by atoms with Crippen molar-refractivity contribution in [2.24, 2.45) is 11.7 Å². The number of methoxy groups -OCH3 is 1. The maximum atomic E-state index is 6.90. The molecule has 3 nitrogen and oxygen atoms in total. The number of benzene rings is 1. The van der Waals surface area contributed by atoms with Crippen LogP contribution in [0.4, 0.5) is 0 Å². The van der Waals surface area contributed by atoms with Crippen LogP contribution in [0, 0.1) is 5.92 Å². The second kappa shape index (κ2) is 7.82. The standard InChI is InChI=1S/C19H28BrNO2/c1-5-17(22-4)10-8-15-11-14-7-9-16(20)12-18(14)19(15,21)13(3)23-6-2/h7,9,12,15,17H,3,5-6,8,10-11,21H2,1-2,4H3. The lowest BCUT2D eigenvalue weighted by Gasteiger charge is -2.34. The van der Waals surface area contributed by atoms with Gasteiger partial charge in [-0.05, 0) is 61.8 Å². The molecule has 0 fully saturated rings. The molecule has 0 radical (unpaired) electrons. The fourth-order valence-electron chi connectivity index (χ4n) is 3.64. The molecule has 3 unspecified atom stereocenters. The highest BCUT2D eigenvalue weighted by Gasteiger charge is 2.47. The van der Waals surface area contributed by atoms with E-state index >= 15 is 0 Å². The molecule has 1 aliphatic carbocycles. The Bertz CT molecular complexity index is 556. The van der Waals surface area contributed by atoms with E-state index in [1.54, 1.807) is 7.11 Å². The molecule has 1 aromatic rings. The first-order valence-corrected chi connectivity index (χ1v) is 9.19. The summed E-state index contributed by atoms with van der Waals surface area (Å²) in [6, 6.07) is 6.36. The molecule has 23 heavy (non-hydrogen) atoms. The summed E-state index contributed by atoms with van der Waals surface area (Å²) in [5.41, 5.74) is 8.71. The van der Waals surface area contributed by atoms with Crippen molar-refractivity contribution in [3.8, 4) is 0 Å². The van der Waals surface area contributed by atoms with Gasteiger partial charge in [-0.1, -0.05) is 35.5 Å². The Morgan fingerprint density at radius 2 is 2.22 bits per heavy atom. The fourth-order valence-corrected chi connectivity index (χ4v) is 4.00. The molecular weight excluding hydrogens is 354 g/mol. The first-order chi connectivity index (χ1) is 11.0. The van der Waals surface area contributed by atoms with E-state index in [0.29, 0.717) is 12.4 Å². The third-order valence-electron chi connectivity index (χ3n) is 5.03. The van der Waals surface area contributed by atoms with Gasteiger partial charge in [0.25, 0.3) is 0 Å². The Balaban J connectivity index is 2.30. The van der Waals surface area contributed by atoms with Gasteiger partial charge in [0.15, 0.2) is 0 Å². The average molecular weight is 382 g/mol. The van der Waals surface area contributed by atoms with Crippen molar-refractivity contribution in [1.29, 1.82) is 0 Å². The van der Waals surface area contributed by atoms with Gasteiger partial charge in [0.2, 0.25) is 0 Å². The minimum Gasteiger partial charge on any atom is -0.497 e. The summed E-state index contributed by atoms with van der Waals surface area (Å²) < 4.78 is 12.3. The van der Waals surface area contributed by atoms with Crippen molar-refractivity contribution in [1.82, 2.24) is 0 Å². The van der Waals surface area contributed by atoms with E-state index in [1.165, 1.54) is 5.56 Å². The van der Waals surface area contributed by atoms with Crippen molar-refractivity contribution < 1.29 is 9.47 Å². The summed E-state index contributed by atoms with van der Waals surface area (Å²) in [6.07, 6.45) is 4.28. The lowest BCUT2D eigenvalue weighted by Crippen LogP contribution is -2.44. The molecule has 0 aliphatic heterocycles. The van der Waals surface area contributed by atoms with Gasteiger partial charge in [-0.3, -0.25) is 0 Å². The van der Waals surface area contributed by atoms with Crippen molar-refractivity contribution in [2.45, 2.75) is 51.2 Å². The van der Waals surface area contributed by atoms with Crippen LogP contribution in [-0.4, -0.2) is 19.8 Å². The molecule has 0 saturated carbocycles. The van der Waals surface area contributed by atoms with Crippen LogP contribution in [0.2, 0.25) is 0 Å². The molecular formula is C19H28BrNO2. The molecule has 0 amide bonds. The van der Waals surface area contributed by atoms with Gasteiger partial charge in [-0.25, -0.2) is 0 Å². The van der Waals surface area contributed by atoms with Gasteiger partial charge in [0.05, 0.1) is 12.7 Å². The highest BCUT2D eigenvalue weighted by Crippen LogP contribution is 2.47. The topological polar surface area (TPSA) is 44.5 Å². The van der Waals surface area contributed by atoms with E-state index in [4.69, 9.17) is 15.2 Å². The summed E-state index contributed by atoms with van der Waals surface area (Å²) in [7, 11) is 1.78. The SMILES string of the molecule is C=C(OCC)C1(N)c2cc(Br)ccc2CC1CCC(CC)OC. The number of hydrogen-bond acceptors (Lipinski definition) is 3. The smallest absolute Gasteiger partial charge is 0.113 e. The normalized spacial score (nSPS) is 24.3. The molecule has 2 rings (SSSR count). The van der Waals surface area contributed by atoms with Crippen LogP contribution >= 0.6 is 15.9 Å². The number of ether oxygens (including phenoxy) is 2. The lowest BCUT2D eigenvalue weighted by atomic mass is 9.80. The predicted octanol–water partition coefficient (Wildman–Crippen LogP) is 4.53. The number of nitrogens with two attached hydrogens (primary N) is 1. The highest BCUT2D eigenvalue weighted by atomic mass is 79.9. The maximum absolute atomic E-state index is 6.90. The largest absolute Gasteiger partial charge is 0.497 e. The Kier molecular flexibility index (Phi) is 6.29. The zero-order valence-corrected chi connectivity index (χ0v) is 16.0. The van der Waals surface area contributed by atoms with Crippen molar-refractivity contribution in [2.75, 3.05) is 13.7 Å². The van der Waals surface area contributed by atoms with E-state index in [0.717, 1.165) is 35.7 Å². The fraction of sp³-hybridized carbons (Fsp3) is 0.579.